The molecular weight excluding hydrogens is 238 g/mol. The zero-order valence-electron chi connectivity index (χ0n) is 11.8. The highest BCUT2D eigenvalue weighted by Crippen LogP contribution is 2.20. The van der Waals surface area contributed by atoms with Crippen LogP contribution in [0.5, 0.6) is 5.75 Å². The van der Waals surface area contributed by atoms with Crippen molar-refractivity contribution < 1.29 is 9.53 Å². The zero-order chi connectivity index (χ0) is 13.7. The van der Waals surface area contributed by atoms with Crippen LogP contribution in [0.1, 0.15) is 43.5 Å². The summed E-state index contributed by atoms with van der Waals surface area (Å²) < 4.78 is 5.58. The number of Topliss-reactive ketones (excluding diaryl/α,β-unsaturated/α-hetero) is 1. The molecule has 0 bridgehead atoms. The summed E-state index contributed by atoms with van der Waals surface area (Å²) >= 11 is 0. The maximum Gasteiger partial charge on any atom is 0.163 e. The quantitative estimate of drug-likeness (QED) is 0.828. The van der Waals surface area contributed by atoms with E-state index in [2.05, 4.69) is 5.32 Å². The van der Waals surface area contributed by atoms with Gasteiger partial charge in [0.05, 0.1) is 6.10 Å². The topological polar surface area (TPSA) is 38.3 Å². The summed E-state index contributed by atoms with van der Waals surface area (Å²) in [7, 11) is 0. The first-order chi connectivity index (χ1) is 9.15. The van der Waals surface area contributed by atoms with Crippen LogP contribution in [0, 0.1) is 5.92 Å². The third-order valence-corrected chi connectivity index (χ3v) is 3.48. The highest BCUT2D eigenvalue weighted by Gasteiger charge is 2.17. The molecule has 3 heteroatoms. The monoisotopic (exact) mass is 261 g/mol. The second kappa shape index (κ2) is 6.71. The number of rotatable bonds is 5. The molecule has 1 aliphatic rings. The Labute approximate surface area is 115 Å². The number of piperidine rings is 1. The van der Waals surface area contributed by atoms with Gasteiger partial charge in [0.1, 0.15) is 5.75 Å². The molecule has 3 nitrogen and oxygen atoms in total. The molecule has 0 saturated carbocycles. The number of nitrogens with one attached hydrogen (secondary N) is 1. The normalized spacial score (nSPS) is 16.6. The van der Waals surface area contributed by atoms with Crippen LogP contribution >= 0.6 is 0 Å². The van der Waals surface area contributed by atoms with Gasteiger partial charge in [0.25, 0.3) is 0 Å². The maximum atomic E-state index is 12.2. The number of hydrogen-bond donors (Lipinski definition) is 1. The van der Waals surface area contributed by atoms with E-state index in [1.54, 1.807) is 0 Å². The first kappa shape index (κ1) is 14.1. The molecule has 0 radical (unpaired) electrons. The van der Waals surface area contributed by atoms with Gasteiger partial charge in [-0.1, -0.05) is 0 Å². The molecule has 1 aromatic rings. The Hall–Kier alpha value is -1.35. The summed E-state index contributed by atoms with van der Waals surface area (Å²) in [6.45, 7) is 6.07. The van der Waals surface area contributed by atoms with Crippen molar-refractivity contribution >= 4 is 5.78 Å². The van der Waals surface area contributed by atoms with Crippen LogP contribution in [-0.4, -0.2) is 25.0 Å². The molecule has 0 aliphatic carbocycles. The van der Waals surface area contributed by atoms with Crippen molar-refractivity contribution in [1.82, 2.24) is 5.32 Å². The van der Waals surface area contributed by atoms with Crippen LogP contribution < -0.4 is 10.1 Å². The Kier molecular flexibility index (Phi) is 4.97. The van der Waals surface area contributed by atoms with E-state index >= 15 is 0 Å². The van der Waals surface area contributed by atoms with E-state index in [0.717, 1.165) is 37.2 Å². The average molecular weight is 261 g/mol. The highest BCUT2D eigenvalue weighted by atomic mass is 16.5. The van der Waals surface area contributed by atoms with E-state index in [1.165, 1.54) is 0 Å². The van der Waals surface area contributed by atoms with Crippen LogP contribution in [0.3, 0.4) is 0 Å². The van der Waals surface area contributed by atoms with Gasteiger partial charge in [-0.05, 0) is 70.0 Å². The number of ketones is 1. The Bertz CT molecular complexity index is 405. The van der Waals surface area contributed by atoms with E-state index in [-0.39, 0.29) is 11.9 Å². The summed E-state index contributed by atoms with van der Waals surface area (Å²) in [5.74, 6) is 1.62. The first-order valence-corrected chi connectivity index (χ1v) is 7.16. The van der Waals surface area contributed by atoms with Crippen LogP contribution in [0.15, 0.2) is 24.3 Å². The van der Waals surface area contributed by atoms with Gasteiger partial charge in [-0.2, -0.15) is 0 Å². The SMILES string of the molecule is CC(C)Oc1ccc(C(=O)CC2CCNCC2)cc1. The molecule has 0 spiro atoms. The average Bonchev–Trinajstić information content (AvgIpc) is 2.40. The van der Waals surface area contributed by atoms with E-state index in [0.29, 0.717) is 12.3 Å². The van der Waals surface area contributed by atoms with Gasteiger partial charge < -0.3 is 10.1 Å². The van der Waals surface area contributed by atoms with Gasteiger partial charge in [-0.15, -0.1) is 0 Å². The third-order valence-electron chi connectivity index (χ3n) is 3.48. The number of benzene rings is 1. The van der Waals surface area contributed by atoms with Crippen molar-refractivity contribution in [2.45, 2.75) is 39.2 Å². The minimum absolute atomic E-state index is 0.163. The maximum absolute atomic E-state index is 12.2. The molecule has 1 saturated heterocycles. The third kappa shape index (κ3) is 4.35. The molecule has 1 N–H and O–H groups in total. The molecule has 0 amide bonds. The van der Waals surface area contributed by atoms with Gasteiger partial charge in [0.2, 0.25) is 0 Å². The Morgan fingerprint density at radius 1 is 1.26 bits per heavy atom. The fourth-order valence-electron chi connectivity index (χ4n) is 2.46. The predicted molar refractivity (Wildman–Crippen MR) is 76.7 cm³/mol. The van der Waals surface area contributed by atoms with E-state index in [4.69, 9.17) is 4.74 Å². The van der Waals surface area contributed by atoms with Crippen LogP contribution in [0.25, 0.3) is 0 Å². The standard InChI is InChI=1S/C16H23NO2/c1-12(2)19-15-5-3-14(4-6-15)16(18)11-13-7-9-17-10-8-13/h3-6,12-13,17H,7-11H2,1-2H3. The van der Waals surface area contributed by atoms with E-state index in [1.807, 2.05) is 38.1 Å². The fourth-order valence-corrected chi connectivity index (χ4v) is 2.46. The fraction of sp³-hybridized carbons (Fsp3) is 0.562. The molecule has 0 atom stereocenters. The molecule has 1 aliphatic heterocycles. The molecule has 1 fully saturated rings. The number of hydrogen-bond acceptors (Lipinski definition) is 3. The van der Waals surface area contributed by atoms with Crippen molar-refractivity contribution in [1.29, 1.82) is 0 Å². The highest BCUT2D eigenvalue weighted by molar-refractivity contribution is 5.96. The van der Waals surface area contributed by atoms with Gasteiger partial charge in [-0.3, -0.25) is 4.79 Å². The predicted octanol–water partition coefficient (Wildman–Crippen LogP) is 3.05. The van der Waals surface area contributed by atoms with Crippen molar-refractivity contribution in [3.63, 3.8) is 0 Å². The van der Waals surface area contributed by atoms with Crippen molar-refractivity contribution in [2.24, 2.45) is 5.92 Å². The van der Waals surface area contributed by atoms with Gasteiger partial charge in [0, 0.05) is 12.0 Å². The second-order valence-electron chi connectivity index (χ2n) is 5.51. The van der Waals surface area contributed by atoms with Crippen molar-refractivity contribution in [2.75, 3.05) is 13.1 Å². The zero-order valence-corrected chi connectivity index (χ0v) is 11.8. The molecule has 2 rings (SSSR count). The first-order valence-electron chi connectivity index (χ1n) is 7.16. The molecule has 1 heterocycles. The largest absolute Gasteiger partial charge is 0.491 e. The van der Waals surface area contributed by atoms with E-state index in [9.17, 15) is 4.79 Å². The lowest BCUT2D eigenvalue weighted by Crippen LogP contribution is -2.28. The van der Waals surface area contributed by atoms with E-state index < -0.39 is 0 Å². The summed E-state index contributed by atoms with van der Waals surface area (Å²) in [6, 6.07) is 7.52. The number of carbonyl (C=O) groups is 1. The lowest BCUT2D eigenvalue weighted by atomic mass is 9.91. The van der Waals surface area contributed by atoms with Gasteiger partial charge in [-0.25, -0.2) is 0 Å². The minimum atomic E-state index is 0.163. The summed E-state index contributed by atoms with van der Waals surface area (Å²) in [6.07, 6.45) is 3.06. The van der Waals surface area contributed by atoms with Crippen LogP contribution in [0.2, 0.25) is 0 Å². The summed E-state index contributed by atoms with van der Waals surface area (Å²) in [5.41, 5.74) is 0.801. The number of ether oxygens (including phenoxy) is 1. The molecular formula is C16H23NO2. The molecule has 19 heavy (non-hydrogen) atoms. The molecule has 0 unspecified atom stereocenters. The summed E-state index contributed by atoms with van der Waals surface area (Å²) in [5, 5.41) is 3.33. The van der Waals surface area contributed by atoms with Crippen LogP contribution in [-0.2, 0) is 0 Å². The number of carbonyl (C=O) groups excluding carboxylic acids is 1. The smallest absolute Gasteiger partial charge is 0.163 e. The summed E-state index contributed by atoms with van der Waals surface area (Å²) in [4.78, 5) is 12.2. The second-order valence-corrected chi connectivity index (χ2v) is 5.51. The Balaban J connectivity index is 1.91. The van der Waals surface area contributed by atoms with Crippen molar-refractivity contribution in [3.05, 3.63) is 29.8 Å². The Morgan fingerprint density at radius 2 is 1.89 bits per heavy atom. The Morgan fingerprint density at radius 3 is 2.47 bits per heavy atom. The molecule has 1 aromatic carbocycles. The molecule has 104 valence electrons. The lowest BCUT2D eigenvalue weighted by Gasteiger charge is -2.21. The lowest BCUT2D eigenvalue weighted by molar-refractivity contribution is 0.0952. The minimum Gasteiger partial charge on any atom is -0.491 e. The van der Waals surface area contributed by atoms with Gasteiger partial charge in [0.15, 0.2) is 5.78 Å². The van der Waals surface area contributed by atoms with Crippen LogP contribution in [0.4, 0.5) is 0 Å². The molecule has 0 aromatic heterocycles. The van der Waals surface area contributed by atoms with Gasteiger partial charge >= 0.3 is 0 Å². The van der Waals surface area contributed by atoms with Crippen molar-refractivity contribution in [3.8, 4) is 5.75 Å².